The van der Waals surface area contributed by atoms with Crippen molar-refractivity contribution < 1.29 is 32.5 Å². The van der Waals surface area contributed by atoms with Crippen molar-refractivity contribution in [1.82, 2.24) is 5.32 Å². The molecule has 1 atom stereocenters. The molecule has 2 N–H and O–H groups in total. The Morgan fingerprint density at radius 2 is 2.12 bits per heavy atom. The number of ether oxygens (including phenoxy) is 2. The molecule has 0 saturated carbocycles. The lowest BCUT2D eigenvalue weighted by Crippen LogP contribution is -2.42. The van der Waals surface area contributed by atoms with Crippen LogP contribution in [0.5, 0.6) is 0 Å². The van der Waals surface area contributed by atoms with E-state index in [2.05, 4.69) is 14.8 Å². The lowest BCUT2D eigenvalue weighted by molar-refractivity contribution is -0.173. The predicted molar refractivity (Wildman–Crippen MR) is 48.2 cm³/mol. The minimum atomic E-state index is -4.36. The van der Waals surface area contributed by atoms with Crippen molar-refractivity contribution >= 4 is 5.97 Å². The molecular formula is C8H14F3NO4. The van der Waals surface area contributed by atoms with Crippen LogP contribution in [-0.2, 0) is 14.3 Å². The van der Waals surface area contributed by atoms with Gasteiger partial charge in [-0.25, -0.2) is 0 Å². The first-order valence-corrected chi connectivity index (χ1v) is 4.46. The summed E-state index contributed by atoms with van der Waals surface area (Å²) in [5.41, 5.74) is 0. The third kappa shape index (κ3) is 8.45. The second kappa shape index (κ2) is 7.42. The summed E-state index contributed by atoms with van der Waals surface area (Å²) in [6, 6.07) is -0.945. The van der Waals surface area contributed by atoms with E-state index in [1.807, 2.05) is 0 Å². The van der Waals surface area contributed by atoms with Crippen LogP contribution in [0.2, 0.25) is 0 Å². The summed E-state index contributed by atoms with van der Waals surface area (Å²) in [7, 11) is 1.33. The maximum absolute atomic E-state index is 11.6. The van der Waals surface area contributed by atoms with Crippen molar-refractivity contribution in [2.24, 2.45) is 0 Å². The Bertz CT molecular complexity index is 210. The number of carboxylic acid groups (broad SMARTS) is 1. The monoisotopic (exact) mass is 245 g/mol. The summed E-state index contributed by atoms with van der Waals surface area (Å²) in [5.74, 6) is -1.13. The zero-order valence-electron chi connectivity index (χ0n) is 8.71. The summed E-state index contributed by atoms with van der Waals surface area (Å²) in [6.07, 6.45) is -4.36. The van der Waals surface area contributed by atoms with Gasteiger partial charge in [0.25, 0.3) is 0 Å². The number of halogens is 3. The highest BCUT2D eigenvalue weighted by Gasteiger charge is 2.27. The SMILES string of the molecule is COCC(NCCOCC(F)(F)F)C(=O)O. The first kappa shape index (κ1) is 15.1. The number of nitrogens with one attached hydrogen (secondary N) is 1. The Hall–Kier alpha value is -0.860. The lowest BCUT2D eigenvalue weighted by Gasteiger charge is -2.13. The van der Waals surface area contributed by atoms with E-state index >= 15 is 0 Å². The third-order valence-corrected chi connectivity index (χ3v) is 1.53. The zero-order valence-corrected chi connectivity index (χ0v) is 8.71. The van der Waals surface area contributed by atoms with E-state index in [-0.39, 0.29) is 19.8 Å². The van der Waals surface area contributed by atoms with E-state index in [0.29, 0.717) is 0 Å². The number of rotatable bonds is 8. The lowest BCUT2D eigenvalue weighted by atomic mass is 10.3. The van der Waals surface area contributed by atoms with Gasteiger partial charge in [-0.05, 0) is 0 Å². The van der Waals surface area contributed by atoms with Gasteiger partial charge in [0.1, 0.15) is 12.6 Å². The first-order chi connectivity index (χ1) is 7.37. The predicted octanol–water partition coefficient (Wildman–Crippen LogP) is 0.254. The van der Waals surface area contributed by atoms with Crippen LogP contribution in [0.3, 0.4) is 0 Å². The van der Waals surface area contributed by atoms with Gasteiger partial charge in [-0.2, -0.15) is 13.2 Å². The molecule has 0 radical (unpaired) electrons. The summed E-state index contributed by atoms with van der Waals surface area (Å²) in [5, 5.41) is 11.1. The second-order valence-corrected chi connectivity index (χ2v) is 2.97. The van der Waals surface area contributed by atoms with Crippen molar-refractivity contribution in [3.63, 3.8) is 0 Å². The van der Waals surface area contributed by atoms with Crippen LogP contribution in [0.1, 0.15) is 0 Å². The number of alkyl halides is 3. The van der Waals surface area contributed by atoms with Gasteiger partial charge >= 0.3 is 12.1 Å². The van der Waals surface area contributed by atoms with Crippen molar-refractivity contribution in [3.8, 4) is 0 Å². The largest absolute Gasteiger partial charge is 0.480 e. The number of carbonyl (C=O) groups is 1. The molecule has 0 rings (SSSR count). The van der Waals surface area contributed by atoms with Crippen LogP contribution in [-0.4, -0.2) is 56.8 Å². The Kier molecular flexibility index (Phi) is 7.02. The number of methoxy groups -OCH3 is 1. The molecule has 0 amide bonds. The van der Waals surface area contributed by atoms with Crippen molar-refractivity contribution in [3.05, 3.63) is 0 Å². The van der Waals surface area contributed by atoms with Crippen LogP contribution in [0.15, 0.2) is 0 Å². The Morgan fingerprint density at radius 1 is 1.50 bits per heavy atom. The highest BCUT2D eigenvalue weighted by atomic mass is 19.4. The quantitative estimate of drug-likeness (QED) is 0.600. The van der Waals surface area contributed by atoms with Crippen LogP contribution < -0.4 is 5.32 Å². The van der Waals surface area contributed by atoms with Crippen LogP contribution >= 0.6 is 0 Å². The Morgan fingerprint density at radius 3 is 2.56 bits per heavy atom. The highest BCUT2D eigenvalue weighted by Crippen LogP contribution is 2.13. The van der Waals surface area contributed by atoms with Crippen molar-refractivity contribution in [2.45, 2.75) is 12.2 Å². The van der Waals surface area contributed by atoms with E-state index in [9.17, 15) is 18.0 Å². The Labute approximate surface area is 90.5 Å². The molecule has 16 heavy (non-hydrogen) atoms. The van der Waals surface area contributed by atoms with Gasteiger partial charge in [-0.3, -0.25) is 4.79 Å². The highest BCUT2D eigenvalue weighted by molar-refractivity contribution is 5.73. The van der Waals surface area contributed by atoms with E-state index < -0.39 is 24.8 Å². The number of carboxylic acids is 1. The average molecular weight is 245 g/mol. The smallest absolute Gasteiger partial charge is 0.411 e. The minimum absolute atomic E-state index is 0.0103. The molecule has 96 valence electrons. The normalized spacial score (nSPS) is 13.8. The zero-order chi connectivity index (χ0) is 12.6. The first-order valence-electron chi connectivity index (χ1n) is 4.46. The van der Waals surface area contributed by atoms with Gasteiger partial charge < -0.3 is 19.9 Å². The van der Waals surface area contributed by atoms with E-state index in [1.165, 1.54) is 7.11 Å². The topological polar surface area (TPSA) is 67.8 Å². The molecule has 0 saturated heterocycles. The van der Waals surface area contributed by atoms with E-state index in [1.54, 1.807) is 0 Å². The molecule has 0 aliphatic carbocycles. The van der Waals surface area contributed by atoms with Crippen LogP contribution in [0, 0.1) is 0 Å². The summed E-state index contributed by atoms with van der Waals surface area (Å²) in [4.78, 5) is 10.5. The molecule has 0 heterocycles. The van der Waals surface area contributed by atoms with Gasteiger partial charge in [-0.1, -0.05) is 0 Å². The molecule has 0 aromatic heterocycles. The van der Waals surface area contributed by atoms with Crippen LogP contribution in [0.4, 0.5) is 13.2 Å². The van der Waals surface area contributed by atoms with Gasteiger partial charge in [0.15, 0.2) is 0 Å². The number of hydrogen-bond acceptors (Lipinski definition) is 4. The molecular weight excluding hydrogens is 231 g/mol. The fourth-order valence-corrected chi connectivity index (χ4v) is 0.877. The summed E-state index contributed by atoms with van der Waals surface area (Å²) >= 11 is 0. The third-order valence-electron chi connectivity index (χ3n) is 1.53. The summed E-state index contributed by atoms with van der Waals surface area (Å²) < 4.78 is 43.8. The molecule has 0 fully saturated rings. The standard InChI is InChI=1S/C8H14F3NO4/c1-15-4-6(7(13)14)12-2-3-16-5-8(9,10)11/h6,12H,2-5H2,1H3,(H,13,14). The fourth-order valence-electron chi connectivity index (χ4n) is 0.877. The molecule has 0 aliphatic heterocycles. The molecule has 0 aromatic rings. The maximum atomic E-state index is 11.6. The molecule has 8 heteroatoms. The fraction of sp³-hybridized carbons (Fsp3) is 0.875. The molecule has 1 unspecified atom stereocenters. The Balaban J connectivity index is 3.59. The molecule has 0 aliphatic rings. The van der Waals surface area contributed by atoms with Crippen molar-refractivity contribution in [2.75, 3.05) is 33.5 Å². The number of aliphatic carboxylic acids is 1. The molecule has 5 nitrogen and oxygen atoms in total. The minimum Gasteiger partial charge on any atom is -0.480 e. The molecule has 0 spiro atoms. The van der Waals surface area contributed by atoms with Gasteiger partial charge in [-0.15, -0.1) is 0 Å². The van der Waals surface area contributed by atoms with Gasteiger partial charge in [0.2, 0.25) is 0 Å². The maximum Gasteiger partial charge on any atom is 0.411 e. The van der Waals surface area contributed by atoms with Gasteiger partial charge in [0.05, 0.1) is 13.2 Å². The van der Waals surface area contributed by atoms with Crippen molar-refractivity contribution in [1.29, 1.82) is 0 Å². The number of hydrogen-bond donors (Lipinski definition) is 2. The summed E-state index contributed by atoms with van der Waals surface area (Å²) in [6.45, 7) is -1.60. The van der Waals surface area contributed by atoms with Crippen LogP contribution in [0.25, 0.3) is 0 Å². The average Bonchev–Trinajstić information content (AvgIpc) is 2.13. The van der Waals surface area contributed by atoms with E-state index in [0.717, 1.165) is 0 Å². The second-order valence-electron chi connectivity index (χ2n) is 2.97. The van der Waals surface area contributed by atoms with E-state index in [4.69, 9.17) is 5.11 Å². The molecule has 0 bridgehead atoms. The van der Waals surface area contributed by atoms with Gasteiger partial charge in [0, 0.05) is 13.7 Å². The molecule has 0 aromatic carbocycles.